The topological polar surface area (TPSA) is 58.4 Å². The smallest absolute Gasteiger partial charge is 0.220 e. The molecule has 1 amide bonds. The van der Waals surface area contributed by atoms with E-state index in [0.717, 1.165) is 31.6 Å². The standard InChI is InChI=1S/C15H21N3O/c1-10-12(16)3-2-4-14(10)18-8-7-13-11(9-18)5-6-15(19)17-13/h2-4,11,13H,5-9,16H2,1H3,(H,17,19). The largest absolute Gasteiger partial charge is 0.398 e. The van der Waals surface area contributed by atoms with Crippen molar-refractivity contribution in [3.05, 3.63) is 23.8 Å². The first kappa shape index (κ1) is 12.3. The van der Waals surface area contributed by atoms with Crippen LogP contribution in [-0.4, -0.2) is 25.0 Å². The van der Waals surface area contributed by atoms with Crippen LogP contribution in [0, 0.1) is 12.8 Å². The molecule has 0 spiro atoms. The Labute approximate surface area is 114 Å². The van der Waals surface area contributed by atoms with E-state index in [1.54, 1.807) is 0 Å². The number of rotatable bonds is 1. The third kappa shape index (κ3) is 2.27. The molecular weight excluding hydrogens is 238 g/mol. The average Bonchev–Trinajstić information content (AvgIpc) is 2.41. The Kier molecular flexibility index (Phi) is 3.09. The van der Waals surface area contributed by atoms with Crippen LogP contribution in [0.3, 0.4) is 0 Å². The van der Waals surface area contributed by atoms with Gasteiger partial charge in [-0.3, -0.25) is 4.79 Å². The van der Waals surface area contributed by atoms with Gasteiger partial charge in [-0.15, -0.1) is 0 Å². The second kappa shape index (κ2) is 4.76. The quantitative estimate of drug-likeness (QED) is 0.754. The second-order valence-electron chi connectivity index (χ2n) is 5.70. The zero-order chi connectivity index (χ0) is 13.4. The maximum Gasteiger partial charge on any atom is 0.220 e. The number of nitrogens with zero attached hydrogens (tertiary/aromatic N) is 1. The Morgan fingerprint density at radius 3 is 3.05 bits per heavy atom. The van der Waals surface area contributed by atoms with Gasteiger partial charge < -0.3 is 16.0 Å². The van der Waals surface area contributed by atoms with E-state index in [4.69, 9.17) is 5.73 Å². The van der Waals surface area contributed by atoms with Crippen molar-refractivity contribution < 1.29 is 4.79 Å². The molecule has 1 aromatic carbocycles. The molecule has 0 radical (unpaired) electrons. The van der Waals surface area contributed by atoms with E-state index >= 15 is 0 Å². The van der Waals surface area contributed by atoms with E-state index in [-0.39, 0.29) is 5.91 Å². The number of anilines is 2. The first-order valence-electron chi connectivity index (χ1n) is 7.04. The van der Waals surface area contributed by atoms with Crippen molar-refractivity contribution in [1.82, 2.24) is 5.32 Å². The van der Waals surface area contributed by atoms with Gasteiger partial charge in [-0.05, 0) is 43.4 Å². The monoisotopic (exact) mass is 259 g/mol. The van der Waals surface area contributed by atoms with Crippen LogP contribution in [0.5, 0.6) is 0 Å². The van der Waals surface area contributed by atoms with Crippen LogP contribution in [0.25, 0.3) is 0 Å². The van der Waals surface area contributed by atoms with Crippen LogP contribution in [0.15, 0.2) is 18.2 Å². The van der Waals surface area contributed by atoms with Crippen molar-refractivity contribution in [2.24, 2.45) is 5.92 Å². The first-order chi connectivity index (χ1) is 9.15. The van der Waals surface area contributed by atoms with Gasteiger partial charge in [-0.1, -0.05) is 6.07 Å². The van der Waals surface area contributed by atoms with Crippen LogP contribution in [0.4, 0.5) is 11.4 Å². The van der Waals surface area contributed by atoms with Gasteiger partial charge in [-0.2, -0.15) is 0 Å². The lowest BCUT2D eigenvalue weighted by Gasteiger charge is -2.42. The Morgan fingerprint density at radius 1 is 1.37 bits per heavy atom. The van der Waals surface area contributed by atoms with Gasteiger partial charge >= 0.3 is 0 Å². The highest BCUT2D eigenvalue weighted by molar-refractivity contribution is 5.77. The molecule has 2 heterocycles. The molecule has 1 aromatic rings. The lowest BCUT2D eigenvalue weighted by atomic mass is 9.85. The molecule has 0 saturated carbocycles. The molecule has 2 unspecified atom stereocenters. The summed E-state index contributed by atoms with van der Waals surface area (Å²) in [5, 5.41) is 3.13. The molecule has 2 atom stereocenters. The molecule has 3 N–H and O–H groups in total. The number of hydrogen-bond donors (Lipinski definition) is 2. The summed E-state index contributed by atoms with van der Waals surface area (Å²) >= 11 is 0. The van der Waals surface area contributed by atoms with Gasteiger partial charge in [0.15, 0.2) is 0 Å². The number of benzene rings is 1. The Morgan fingerprint density at radius 2 is 2.21 bits per heavy atom. The summed E-state index contributed by atoms with van der Waals surface area (Å²) in [6.07, 6.45) is 2.71. The Bertz CT molecular complexity index is 500. The van der Waals surface area contributed by atoms with E-state index in [2.05, 4.69) is 23.2 Å². The lowest BCUT2D eigenvalue weighted by Crippen LogP contribution is -2.54. The SMILES string of the molecule is Cc1c(N)cccc1N1CCC2NC(=O)CCC2C1. The van der Waals surface area contributed by atoms with Crippen LogP contribution in [0.2, 0.25) is 0 Å². The van der Waals surface area contributed by atoms with Gasteiger partial charge in [-0.25, -0.2) is 0 Å². The van der Waals surface area contributed by atoms with Crippen LogP contribution >= 0.6 is 0 Å². The molecule has 19 heavy (non-hydrogen) atoms. The highest BCUT2D eigenvalue weighted by Crippen LogP contribution is 2.31. The lowest BCUT2D eigenvalue weighted by molar-refractivity contribution is -0.124. The minimum absolute atomic E-state index is 0.217. The zero-order valence-electron chi connectivity index (χ0n) is 11.4. The molecule has 102 valence electrons. The molecular formula is C15H21N3O. The molecule has 0 bridgehead atoms. The predicted molar refractivity (Wildman–Crippen MR) is 77.1 cm³/mol. The highest BCUT2D eigenvalue weighted by Gasteiger charge is 2.34. The second-order valence-corrected chi connectivity index (χ2v) is 5.70. The summed E-state index contributed by atoms with van der Waals surface area (Å²) in [5.74, 6) is 0.794. The number of carbonyl (C=O) groups excluding carboxylic acids is 1. The molecule has 2 saturated heterocycles. The number of fused-ring (bicyclic) bond motifs is 1. The van der Waals surface area contributed by atoms with Gasteiger partial charge in [0, 0.05) is 36.9 Å². The molecule has 3 rings (SSSR count). The number of hydrogen-bond acceptors (Lipinski definition) is 3. The first-order valence-corrected chi connectivity index (χ1v) is 7.04. The fraction of sp³-hybridized carbons (Fsp3) is 0.533. The molecule has 4 nitrogen and oxygen atoms in total. The van der Waals surface area contributed by atoms with E-state index in [9.17, 15) is 4.79 Å². The van der Waals surface area contributed by atoms with Crippen molar-refractivity contribution in [3.8, 4) is 0 Å². The zero-order valence-corrected chi connectivity index (χ0v) is 11.4. The summed E-state index contributed by atoms with van der Waals surface area (Å²) in [6, 6.07) is 6.49. The fourth-order valence-electron chi connectivity index (χ4n) is 3.31. The van der Waals surface area contributed by atoms with E-state index < -0.39 is 0 Å². The third-order valence-electron chi connectivity index (χ3n) is 4.51. The minimum Gasteiger partial charge on any atom is -0.398 e. The van der Waals surface area contributed by atoms with Crippen LogP contribution in [-0.2, 0) is 4.79 Å². The van der Waals surface area contributed by atoms with Crippen molar-refractivity contribution in [2.45, 2.75) is 32.2 Å². The van der Waals surface area contributed by atoms with Crippen molar-refractivity contribution in [3.63, 3.8) is 0 Å². The Hall–Kier alpha value is -1.71. The summed E-state index contributed by atoms with van der Waals surface area (Å²) in [7, 11) is 0. The van der Waals surface area contributed by atoms with Crippen molar-refractivity contribution in [1.29, 1.82) is 0 Å². The van der Waals surface area contributed by atoms with Crippen LogP contribution < -0.4 is 16.0 Å². The minimum atomic E-state index is 0.217. The van der Waals surface area contributed by atoms with E-state index in [1.165, 1.54) is 11.3 Å². The van der Waals surface area contributed by atoms with Crippen molar-refractivity contribution >= 4 is 17.3 Å². The number of carbonyl (C=O) groups is 1. The summed E-state index contributed by atoms with van der Waals surface area (Å²) in [4.78, 5) is 13.8. The molecule has 2 aliphatic rings. The van der Waals surface area contributed by atoms with E-state index in [1.807, 2.05) is 12.1 Å². The van der Waals surface area contributed by atoms with Gasteiger partial charge in [0.25, 0.3) is 0 Å². The number of nitrogens with one attached hydrogen (secondary N) is 1. The molecule has 0 aromatic heterocycles. The summed E-state index contributed by atoms with van der Waals surface area (Å²) in [6.45, 7) is 4.10. The van der Waals surface area contributed by atoms with Crippen LogP contribution in [0.1, 0.15) is 24.8 Å². The third-order valence-corrected chi connectivity index (χ3v) is 4.51. The Balaban J connectivity index is 1.78. The number of nitrogen functional groups attached to an aromatic ring is 1. The van der Waals surface area contributed by atoms with E-state index in [0.29, 0.717) is 18.4 Å². The van der Waals surface area contributed by atoms with Gasteiger partial charge in [0.1, 0.15) is 0 Å². The maximum atomic E-state index is 11.4. The summed E-state index contributed by atoms with van der Waals surface area (Å²) < 4.78 is 0. The number of amides is 1. The predicted octanol–water partition coefficient (Wildman–Crippen LogP) is 1.68. The fourth-order valence-corrected chi connectivity index (χ4v) is 3.31. The molecule has 2 aliphatic heterocycles. The van der Waals surface area contributed by atoms with Crippen molar-refractivity contribution in [2.75, 3.05) is 23.7 Å². The average molecular weight is 259 g/mol. The molecule has 0 aliphatic carbocycles. The maximum absolute atomic E-state index is 11.4. The number of nitrogens with two attached hydrogens (primary N) is 1. The molecule has 2 fully saturated rings. The normalized spacial score (nSPS) is 26.8. The molecule has 4 heteroatoms. The van der Waals surface area contributed by atoms with Gasteiger partial charge in [0.2, 0.25) is 5.91 Å². The van der Waals surface area contributed by atoms with Gasteiger partial charge in [0.05, 0.1) is 0 Å². The highest BCUT2D eigenvalue weighted by atomic mass is 16.1. The summed E-state index contributed by atoms with van der Waals surface area (Å²) in [5.41, 5.74) is 9.26. The number of piperidine rings is 2.